The predicted molar refractivity (Wildman–Crippen MR) is 70.3 cm³/mol. The Morgan fingerprint density at radius 3 is 2.45 bits per heavy atom. The molecule has 114 valence electrons. The molecular formula is C13H22N2O5. The van der Waals surface area contributed by atoms with Gasteiger partial charge in [0.05, 0.1) is 19.3 Å². The molecule has 2 heterocycles. The predicted octanol–water partition coefficient (Wildman–Crippen LogP) is -0.0154. The molecule has 0 aromatic carbocycles. The average molecular weight is 286 g/mol. The zero-order chi connectivity index (χ0) is 14.7. The standard InChI is InChI=1S/C13H22N2O5/c1-9(16)10-2-4-14(5-3-10)13(19)15-6-7-20-8-11(15)12(17)18/h9-11,16H,2-8H2,1H3,(H,17,18). The van der Waals surface area contributed by atoms with Crippen molar-refractivity contribution in [2.45, 2.75) is 31.9 Å². The van der Waals surface area contributed by atoms with Gasteiger partial charge >= 0.3 is 12.0 Å². The van der Waals surface area contributed by atoms with Gasteiger partial charge in [-0.1, -0.05) is 0 Å². The van der Waals surface area contributed by atoms with Crippen molar-refractivity contribution >= 4 is 12.0 Å². The number of aliphatic hydroxyl groups excluding tert-OH is 1. The maximum absolute atomic E-state index is 12.4. The number of carboxylic acid groups (broad SMARTS) is 1. The van der Waals surface area contributed by atoms with Gasteiger partial charge in [-0.3, -0.25) is 0 Å². The smallest absolute Gasteiger partial charge is 0.328 e. The van der Waals surface area contributed by atoms with E-state index in [1.165, 1.54) is 4.90 Å². The zero-order valence-electron chi connectivity index (χ0n) is 11.7. The number of ether oxygens (including phenoxy) is 1. The highest BCUT2D eigenvalue weighted by Crippen LogP contribution is 2.22. The number of piperidine rings is 1. The van der Waals surface area contributed by atoms with Crippen molar-refractivity contribution in [2.24, 2.45) is 5.92 Å². The Hall–Kier alpha value is -1.34. The molecule has 0 spiro atoms. The van der Waals surface area contributed by atoms with Crippen LogP contribution in [-0.2, 0) is 9.53 Å². The number of aliphatic hydroxyl groups is 1. The molecule has 0 aliphatic carbocycles. The van der Waals surface area contributed by atoms with Gasteiger partial charge in [0.1, 0.15) is 0 Å². The molecule has 0 radical (unpaired) electrons. The number of urea groups is 1. The van der Waals surface area contributed by atoms with Crippen LogP contribution in [-0.4, -0.2) is 77.0 Å². The van der Waals surface area contributed by atoms with Crippen molar-refractivity contribution in [3.05, 3.63) is 0 Å². The molecule has 2 unspecified atom stereocenters. The minimum absolute atomic E-state index is 0.0468. The Morgan fingerprint density at radius 1 is 1.25 bits per heavy atom. The number of nitrogens with zero attached hydrogens (tertiary/aromatic N) is 2. The second-order valence-electron chi connectivity index (χ2n) is 5.47. The van der Waals surface area contributed by atoms with Crippen molar-refractivity contribution in [2.75, 3.05) is 32.8 Å². The fourth-order valence-electron chi connectivity index (χ4n) is 2.79. The molecule has 2 amide bonds. The van der Waals surface area contributed by atoms with E-state index in [9.17, 15) is 14.7 Å². The van der Waals surface area contributed by atoms with Gasteiger partial charge in [0.2, 0.25) is 0 Å². The highest BCUT2D eigenvalue weighted by Gasteiger charge is 2.36. The summed E-state index contributed by atoms with van der Waals surface area (Å²) in [5.41, 5.74) is 0. The molecule has 0 bridgehead atoms. The third-order valence-electron chi connectivity index (χ3n) is 4.15. The van der Waals surface area contributed by atoms with Gasteiger partial charge in [0.25, 0.3) is 0 Å². The fourth-order valence-corrected chi connectivity index (χ4v) is 2.79. The fraction of sp³-hybridized carbons (Fsp3) is 0.846. The summed E-state index contributed by atoms with van der Waals surface area (Å²) in [5, 5.41) is 18.7. The number of hydrogen-bond donors (Lipinski definition) is 2. The van der Waals surface area contributed by atoms with Crippen LogP contribution in [0.15, 0.2) is 0 Å². The summed E-state index contributed by atoms with van der Waals surface area (Å²) in [5.74, 6) is -0.809. The average Bonchev–Trinajstić information content (AvgIpc) is 2.46. The van der Waals surface area contributed by atoms with Crippen LogP contribution in [0.5, 0.6) is 0 Å². The van der Waals surface area contributed by atoms with E-state index in [1.807, 2.05) is 0 Å². The van der Waals surface area contributed by atoms with Gasteiger partial charge in [-0.15, -0.1) is 0 Å². The Labute approximate surface area is 118 Å². The molecule has 0 saturated carbocycles. The molecule has 2 saturated heterocycles. The Kier molecular flexibility index (Phi) is 4.82. The first-order valence-electron chi connectivity index (χ1n) is 7.05. The minimum Gasteiger partial charge on any atom is -0.480 e. The van der Waals surface area contributed by atoms with Crippen LogP contribution in [0.2, 0.25) is 0 Å². The van der Waals surface area contributed by atoms with Gasteiger partial charge in [-0.05, 0) is 25.7 Å². The second-order valence-corrected chi connectivity index (χ2v) is 5.47. The summed E-state index contributed by atoms with van der Waals surface area (Å²) in [7, 11) is 0. The molecule has 20 heavy (non-hydrogen) atoms. The quantitative estimate of drug-likeness (QED) is 0.745. The van der Waals surface area contributed by atoms with Crippen molar-refractivity contribution in [3.8, 4) is 0 Å². The number of carboxylic acids is 1. The number of hydrogen-bond acceptors (Lipinski definition) is 4. The van der Waals surface area contributed by atoms with Crippen LogP contribution in [0.25, 0.3) is 0 Å². The SMILES string of the molecule is CC(O)C1CCN(C(=O)N2CCOCC2C(=O)O)CC1. The molecular weight excluding hydrogens is 264 g/mol. The third-order valence-corrected chi connectivity index (χ3v) is 4.15. The van der Waals surface area contributed by atoms with E-state index in [-0.39, 0.29) is 24.7 Å². The molecule has 2 aliphatic rings. The maximum atomic E-state index is 12.4. The van der Waals surface area contributed by atoms with E-state index in [0.717, 1.165) is 12.8 Å². The number of aliphatic carboxylic acids is 1. The summed E-state index contributed by atoms with van der Waals surface area (Å²) < 4.78 is 5.13. The lowest BCUT2D eigenvalue weighted by Crippen LogP contribution is -2.57. The number of morpholine rings is 1. The Bertz CT molecular complexity index is 366. The lowest BCUT2D eigenvalue weighted by atomic mass is 9.92. The minimum atomic E-state index is -1.03. The van der Waals surface area contributed by atoms with Gasteiger partial charge in [0.15, 0.2) is 6.04 Å². The zero-order valence-corrected chi connectivity index (χ0v) is 11.7. The highest BCUT2D eigenvalue weighted by atomic mass is 16.5. The highest BCUT2D eigenvalue weighted by molar-refractivity contribution is 5.83. The van der Waals surface area contributed by atoms with Crippen molar-refractivity contribution in [1.82, 2.24) is 9.80 Å². The molecule has 2 aliphatic heterocycles. The molecule has 2 fully saturated rings. The molecule has 2 rings (SSSR count). The number of likely N-dealkylation sites (tertiary alicyclic amines) is 1. The number of rotatable bonds is 2. The number of carbonyl (C=O) groups excluding carboxylic acids is 1. The normalized spacial score (nSPS) is 26.4. The van der Waals surface area contributed by atoms with Crippen LogP contribution in [0.3, 0.4) is 0 Å². The van der Waals surface area contributed by atoms with E-state index in [2.05, 4.69) is 0 Å². The molecule has 0 aromatic rings. The van der Waals surface area contributed by atoms with E-state index in [0.29, 0.717) is 26.2 Å². The van der Waals surface area contributed by atoms with E-state index in [4.69, 9.17) is 9.84 Å². The van der Waals surface area contributed by atoms with Crippen LogP contribution >= 0.6 is 0 Å². The summed E-state index contributed by atoms with van der Waals surface area (Å²) in [6, 6.07) is -1.13. The topological polar surface area (TPSA) is 90.3 Å². The summed E-state index contributed by atoms with van der Waals surface area (Å²) in [4.78, 5) is 26.6. The maximum Gasteiger partial charge on any atom is 0.328 e. The summed E-state index contributed by atoms with van der Waals surface area (Å²) in [6.45, 7) is 3.64. The monoisotopic (exact) mass is 286 g/mol. The first kappa shape index (κ1) is 15.1. The first-order valence-corrected chi connectivity index (χ1v) is 7.05. The second kappa shape index (κ2) is 6.41. The van der Waals surface area contributed by atoms with Crippen LogP contribution in [0, 0.1) is 5.92 Å². The molecule has 7 nitrogen and oxygen atoms in total. The molecule has 7 heteroatoms. The van der Waals surface area contributed by atoms with E-state index >= 15 is 0 Å². The lowest BCUT2D eigenvalue weighted by Gasteiger charge is -2.39. The number of carbonyl (C=O) groups is 2. The van der Waals surface area contributed by atoms with Crippen LogP contribution < -0.4 is 0 Å². The lowest BCUT2D eigenvalue weighted by molar-refractivity contribution is -0.147. The van der Waals surface area contributed by atoms with Gasteiger partial charge in [-0.25, -0.2) is 9.59 Å². The largest absolute Gasteiger partial charge is 0.480 e. The molecule has 2 atom stereocenters. The van der Waals surface area contributed by atoms with Crippen molar-refractivity contribution in [3.63, 3.8) is 0 Å². The van der Waals surface area contributed by atoms with Crippen molar-refractivity contribution < 1.29 is 24.5 Å². The Morgan fingerprint density at radius 2 is 1.90 bits per heavy atom. The number of amides is 2. The van der Waals surface area contributed by atoms with E-state index < -0.39 is 12.0 Å². The van der Waals surface area contributed by atoms with Gasteiger partial charge < -0.3 is 24.7 Å². The summed E-state index contributed by atoms with van der Waals surface area (Å²) >= 11 is 0. The van der Waals surface area contributed by atoms with E-state index in [1.54, 1.807) is 11.8 Å². The van der Waals surface area contributed by atoms with Crippen LogP contribution in [0.4, 0.5) is 4.79 Å². The van der Waals surface area contributed by atoms with Gasteiger partial charge in [0, 0.05) is 19.6 Å². The van der Waals surface area contributed by atoms with Gasteiger partial charge in [-0.2, -0.15) is 0 Å². The first-order chi connectivity index (χ1) is 9.50. The summed E-state index contributed by atoms with van der Waals surface area (Å²) in [6.07, 6.45) is 1.15. The van der Waals surface area contributed by atoms with Crippen LogP contribution in [0.1, 0.15) is 19.8 Å². The van der Waals surface area contributed by atoms with Crippen molar-refractivity contribution in [1.29, 1.82) is 0 Å². The Balaban J connectivity index is 1.95. The molecule has 2 N–H and O–H groups in total. The molecule has 0 aromatic heterocycles. The third kappa shape index (κ3) is 3.21.